The summed E-state index contributed by atoms with van der Waals surface area (Å²) >= 11 is 0. The average Bonchev–Trinajstić information content (AvgIpc) is 3.39. The van der Waals surface area contributed by atoms with Crippen LogP contribution in [-0.4, -0.2) is 34.3 Å². The predicted molar refractivity (Wildman–Crippen MR) is 80.0 cm³/mol. The number of esters is 1. The highest BCUT2D eigenvalue weighted by molar-refractivity contribution is 5.95. The number of aryl methyl sites for hydroxylation is 1. The zero-order valence-electron chi connectivity index (χ0n) is 13.1. The molecule has 1 aromatic heterocycles. The Labute approximate surface area is 130 Å². The molecule has 1 aromatic rings. The first-order valence-corrected chi connectivity index (χ1v) is 8.07. The van der Waals surface area contributed by atoms with Crippen molar-refractivity contribution in [2.45, 2.75) is 38.6 Å². The van der Waals surface area contributed by atoms with E-state index in [-0.39, 0.29) is 17.8 Å². The van der Waals surface area contributed by atoms with Gasteiger partial charge in [-0.1, -0.05) is 0 Å². The number of carbonyl (C=O) groups is 2. The molecule has 6 heteroatoms. The molecule has 2 saturated carbocycles. The number of hydrogen-bond donors (Lipinski definition) is 1. The monoisotopic (exact) mass is 305 g/mol. The SMILES string of the molecule is CCOC(=O)[C@@H](NC(=O)c1ccnn1C)C(C1CC1)C1CC1. The van der Waals surface area contributed by atoms with Crippen LogP contribution in [0.1, 0.15) is 43.1 Å². The van der Waals surface area contributed by atoms with E-state index < -0.39 is 6.04 Å². The van der Waals surface area contributed by atoms with Crippen LogP contribution in [0.15, 0.2) is 12.3 Å². The van der Waals surface area contributed by atoms with Crippen LogP contribution < -0.4 is 5.32 Å². The van der Waals surface area contributed by atoms with E-state index in [1.807, 2.05) is 0 Å². The lowest BCUT2D eigenvalue weighted by molar-refractivity contribution is -0.147. The van der Waals surface area contributed by atoms with Gasteiger partial charge < -0.3 is 10.1 Å². The number of nitrogens with zero attached hydrogens (tertiary/aromatic N) is 2. The third-order valence-corrected chi connectivity index (χ3v) is 4.60. The summed E-state index contributed by atoms with van der Waals surface area (Å²) in [6.45, 7) is 2.13. The fourth-order valence-electron chi connectivity index (χ4n) is 3.25. The molecule has 3 rings (SSSR count). The van der Waals surface area contributed by atoms with Crippen molar-refractivity contribution in [3.05, 3.63) is 18.0 Å². The molecule has 1 N–H and O–H groups in total. The summed E-state index contributed by atoms with van der Waals surface area (Å²) in [5, 5.41) is 6.92. The fourth-order valence-corrected chi connectivity index (χ4v) is 3.25. The van der Waals surface area contributed by atoms with Crippen molar-refractivity contribution in [1.29, 1.82) is 0 Å². The standard InChI is InChI=1S/C16H23N3O3/c1-3-22-16(21)14(13(10-4-5-10)11-6-7-11)18-15(20)12-8-9-17-19(12)2/h8-11,13-14H,3-7H2,1-2H3,(H,18,20)/t14-/m0/s1. The van der Waals surface area contributed by atoms with Crippen molar-refractivity contribution < 1.29 is 14.3 Å². The molecule has 0 saturated heterocycles. The Morgan fingerprint density at radius 2 is 2.00 bits per heavy atom. The van der Waals surface area contributed by atoms with Gasteiger partial charge in [0, 0.05) is 13.2 Å². The van der Waals surface area contributed by atoms with Crippen molar-refractivity contribution in [1.82, 2.24) is 15.1 Å². The first kappa shape index (κ1) is 15.1. The van der Waals surface area contributed by atoms with Gasteiger partial charge in [-0.15, -0.1) is 0 Å². The van der Waals surface area contributed by atoms with Crippen LogP contribution in [0.5, 0.6) is 0 Å². The Hall–Kier alpha value is -1.85. The molecule has 0 aromatic carbocycles. The minimum absolute atomic E-state index is 0.219. The lowest BCUT2D eigenvalue weighted by Gasteiger charge is -2.26. The van der Waals surface area contributed by atoms with E-state index in [9.17, 15) is 9.59 Å². The average molecular weight is 305 g/mol. The number of rotatable bonds is 7. The lowest BCUT2D eigenvalue weighted by Crippen LogP contribution is -2.48. The Bertz CT molecular complexity index is 549. The molecule has 0 radical (unpaired) electrons. The molecule has 2 aliphatic rings. The summed E-state index contributed by atoms with van der Waals surface area (Å²) in [7, 11) is 1.72. The van der Waals surface area contributed by atoms with Crippen molar-refractivity contribution in [2.24, 2.45) is 24.8 Å². The smallest absolute Gasteiger partial charge is 0.328 e. The maximum absolute atomic E-state index is 12.5. The summed E-state index contributed by atoms with van der Waals surface area (Å²) < 4.78 is 6.73. The summed E-state index contributed by atoms with van der Waals surface area (Å²) in [5.41, 5.74) is 0.458. The molecule has 120 valence electrons. The van der Waals surface area contributed by atoms with E-state index in [4.69, 9.17) is 4.74 Å². The van der Waals surface area contributed by atoms with Crippen LogP contribution in [0.3, 0.4) is 0 Å². The number of amides is 1. The zero-order chi connectivity index (χ0) is 15.7. The fraction of sp³-hybridized carbons (Fsp3) is 0.688. The molecule has 0 bridgehead atoms. The van der Waals surface area contributed by atoms with E-state index in [0.29, 0.717) is 24.1 Å². The quantitative estimate of drug-likeness (QED) is 0.775. The molecular formula is C16H23N3O3. The topological polar surface area (TPSA) is 73.2 Å². The second-order valence-corrected chi connectivity index (χ2v) is 6.30. The summed E-state index contributed by atoms with van der Waals surface area (Å²) in [4.78, 5) is 24.8. The van der Waals surface area contributed by atoms with Crippen LogP contribution in [0, 0.1) is 17.8 Å². The third-order valence-electron chi connectivity index (χ3n) is 4.60. The maximum atomic E-state index is 12.5. The molecule has 0 spiro atoms. The Kier molecular flexibility index (Phi) is 4.18. The highest BCUT2D eigenvalue weighted by Gasteiger charge is 2.48. The van der Waals surface area contributed by atoms with Crippen LogP contribution in [0.2, 0.25) is 0 Å². The normalized spacial score (nSPS) is 19.0. The number of carbonyl (C=O) groups excluding carboxylic acids is 2. The Balaban J connectivity index is 1.77. The highest BCUT2D eigenvalue weighted by Crippen LogP contribution is 2.50. The van der Waals surface area contributed by atoms with Gasteiger partial charge in [-0.25, -0.2) is 4.79 Å². The van der Waals surface area contributed by atoms with Gasteiger partial charge in [-0.3, -0.25) is 9.48 Å². The number of ether oxygens (including phenoxy) is 1. The largest absolute Gasteiger partial charge is 0.464 e. The van der Waals surface area contributed by atoms with Crippen LogP contribution in [0.25, 0.3) is 0 Å². The number of hydrogen-bond acceptors (Lipinski definition) is 4. The van der Waals surface area contributed by atoms with Gasteiger partial charge >= 0.3 is 5.97 Å². The Morgan fingerprint density at radius 3 is 2.45 bits per heavy atom. The second kappa shape index (κ2) is 6.10. The van der Waals surface area contributed by atoms with E-state index in [1.165, 1.54) is 4.68 Å². The van der Waals surface area contributed by atoms with Crippen LogP contribution in [0.4, 0.5) is 0 Å². The van der Waals surface area contributed by atoms with Crippen LogP contribution >= 0.6 is 0 Å². The molecule has 0 unspecified atom stereocenters. The van der Waals surface area contributed by atoms with Crippen molar-refractivity contribution in [3.63, 3.8) is 0 Å². The van der Waals surface area contributed by atoms with Crippen LogP contribution in [-0.2, 0) is 16.6 Å². The molecule has 2 aliphatic carbocycles. The summed E-state index contributed by atoms with van der Waals surface area (Å²) in [6.07, 6.45) is 6.18. The van der Waals surface area contributed by atoms with E-state index in [1.54, 1.807) is 26.2 Å². The van der Waals surface area contributed by atoms with Gasteiger partial charge in [0.2, 0.25) is 0 Å². The minimum Gasteiger partial charge on any atom is -0.464 e. The van der Waals surface area contributed by atoms with Crippen molar-refractivity contribution in [2.75, 3.05) is 6.61 Å². The summed E-state index contributed by atoms with van der Waals surface area (Å²) in [5.74, 6) is 0.755. The number of nitrogens with one attached hydrogen (secondary N) is 1. The molecule has 2 fully saturated rings. The van der Waals surface area contributed by atoms with Gasteiger partial charge in [0.25, 0.3) is 5.91 Å². The van der Waals surface area contributed by atoms with Crippen molar-refractivity contribution >= 4 is 11.9 Å². The van der Waals surface area contributed by atoms with E-state index >= 15 is 0 Å². The zero-order valence-corrected chi connectivity index (χ0v) is 13.1. The highest BCUT2D eigenvalue weighted by atomic mass is 16.5. The first-order chi connectivity index (χ1) is 10.6. The van der Waals surface area contributed by atoms with Gasteiger partial charge in [0.15, 0.2) is 0 Å². The molecular weight excluding hydrogens is 282 g/mol. The predicted octanol–water partition coefficient (Wildman–Crippen LogP) is 1.52. The molecule has 22 heavy (non-hydrogen) atoms. The van der Waals surface area contributed by atoms with Gasteiger partial charge in [0.1, 0.15) is 11.7 Å². The third kappa shape index (κ3) is 3.15. The Morgan fingerprint density at radius 1 is 1.36 bits per heavy atom. The van der Waals surface area contributed by atoms with E-state index in [2.05, 4.69) is 10.4 Å². The molecule has 1 atom stereocenters. The molecule has 1 heterocycles. The second-order valence-electron chi connectivity index (χ2n) is 6.30. The van der Waals surface area contributed by atoms with Crippen molar-refractivity contribution in [3.8, 4) is 0 Å². The van der Waals surface area contributed by atoms with Gasteiger partial charge in [-0.05, 0) is 56.4 Å². The summed E-state index contributed by atoms with van der Waals surface area (Å²) in [6, 6.07) is 1.11. The van der Waals surface area contributed by atoms with Gasteiger partial charge in [-0.2, -0.15) is 5.10 Å². The molecule has 6 nitrogen and oxygen atoms in total. The molecule has 0 aliphatic heterocycles. The minimum atomic E-state index is -0.539. The first-order valence-electron chi connectivity index (χ1n) is 8.07. The maximum Gasteiger partial charge on any atom is 0.328 e. The van der Waals surface area contributed by atoms with E-state index in [0.717, 1.165) is 25.7 Å². The molecule has 1 amide bonds. The lowest BCUT2D eigenvalue weighted by atomic mass is 9.89. The van der Waals surface area contributed by atoms with Gasteiger partial charge in [0.05, 0.1) is 6.61 Å². The number of aromatic nitrogens is 2.